The first-order chi connectivity index (χ1) is 8.02. The van der Waals surface area contributed by atoms with Crippen molar-refractivity contribution >= 4 is 11.9 Å². The van der Waals surface area contributed by atoms with Crippen LogP contribution in [0, 0.1) is 0 Å². The van der Waals surface area contributed by atoms with Crippen molar-refractivity contribution < 1.29 is 18.7 Å². The molecule has 1 aromatic rings. The standard InChI is InChI=1S/C11H16N2O4/c1-7(3-10(12)14)13-5-9-4-8(6-17-9)11(15)16-2/h4,6-7,13H,3,5H2,1-2H3,(H2,12,14). The minimum atomic E-state index is -0.440. The number of hydrogen-bond donors (Lipinski definition) is 2. The number of furan rings is 1. The van der Waals surface area contributed by atoms with Crippen molar-refractivity contribution in [2.75, 3.05) is 7.11 Å². The molecule has 94 valence electrons. The van der Waals surface area contributed by atoms with E-state index in [-0.39, 0.29) is 18.4 Å². The van der Waals surface area contributed by atoms with Gasteiger partial charge in [-0.05, 0) is 13.0 Å². The number of rotatable bonds is 6. The fraction of sp³-hybridized carbons (Fsp3) is 0.455. The van der Waals surface area contributed by atoms with Crippen molar-refractivity contribution in [3.63, 3.8) is 0 Å². The lowest BCUT2D eigenvalue weighted by molar-refractivity contribution is -0.118. The van der Waals surface area contributed by atoms with E-state index in [4.69, 9.17) is 10.2 Å². The van der Waals surface area contributed by atoms with Crippen molar-refractivity contribution in [3.8, 4) is 0 Å². The summed E-state index contributed by atoms with van der Waals surface area (Å²) in [6.07, 6.45) is 1.59. The average molecular weight is 240 g/mol. The van der Waals surface area contributed by atoms with Crippen molar-refractivity contribution in [3.05, 3.63) is 23.7 Å². The van der Waals surface area contributed by atoms with Gasteiger partial charge < -0.3 is 20.2 Å². The molecule has 0 saturated carbocycles. The Bertz CT molecular complexity index is 400. The number of nitrogens with two attached hydrogens (primary N) is 1. The van der Waals surface area contributed by atoms with E-state index >= 15 is 0 Å². The molecule has 0 spiro atoms. The average Bonchev–Trinajstić information content (AvgIpc) is 2.73. The molecule has 17 heavy (non-hydrogen) atoms. The molecule has 0 aliphatic rings. The maximum atomic E-state index is 11.1. The second kappa shape index (κ2) is 6.05. The van der Waals surface area contributed by atoms with Gasteiger partial charge in [0.05, 0.1) is 19.2 Å². The molecule has 0 radical (unpaired) electrons. The van der Waals surface area contributed by atoms with Crippen LogP contribution in [-0.2, 0) is 16.1 Å². The van der Waals surface area contributed by atoms with E-state index in [1.807, 2.05) is 6.92 Å². The molecule has 1 unspecified atom stereocenters. The molecule has 1 rings (SSSR count). The van der Waals surface area contributed by atoms with Crippen LogP contribution in [0.3, 0.4) is 0 Å². The third kappa shape index (κ3) is 4.28. The second-order valence-electron chi connectivity index (χ2n) is 3.75. The minimum absolute atomic E-state index is 0.0424. The van der Waals surface area contributed by atoms with Crippen molar-refractivity contribution in [1.29, 1.82) is 0 Å². The van der Waals surface area contributed by atoms with Gasteiger partial charge in [0.1, 0.15) is 12.0 Å². The second-order valence-corrected chi connectivity index (χ2v) is 3.75. The van der Waals surface area contributed by atoms with Gasteiger partial charge in [-0.25, -0.2) is 4.79 Å². The van der Waals surface area contributed by atoms with Gasteiger partial charge in [0.15, 0.2) is 0 Å². The molecule has 3 N–H and O–H groups in total. The lowest BCUT2D eigenvalue weighted by Crippen LogP contribution is -2.30. The first-order valence-electron chi connectivity index (χ1n) is 5.20. The Morgan fingerprint density at radius 2 is 2.29 bits per heavy atom. The molecule has 0 aliphatic carbocycles. The van der Waals surface area contributed by atoms with Crippen LogP contribution in [0.25, 0.3) is 0 Å². The summed E-state index contributed by atoms with van der Waals surface area (Å²) in [5.74, 6) is -0.202. The van der Waals surface area contributed by atoms with Gasteiger partial charge in [0.2, 0.25) is 5.91 Å². The molecule has 0 aliphatic heterocycles. The summed E-state index contributed by atoms with van der Waals surface area (Å²) < 4.78 is 9.71. The lowest BCUT2D eigenvalue weighted by Gasteiger charge is -2.09. The number of esters is 1. The Balaban J connectivity index is 2.44. The number of amides is 1. The zero-order chi connectivity index (χ0) is 12.8. The van der Waals surface area contributed by atoms with Gasteiger partial charge in [-0.3, -0.25) is 4.79 Å². The minimum Gasteiger partial charge on any atom is -0.467 e. The van der Waals surface area contributed by atoms with E-state index in [1.54, 1.807) is 6.07 Å². The molecule has 0 saturated heterocycles. The summed E-state index contributed by atoms with van der Waals surface area (Å²) in [6.45, 7) is 2.26. The van der Waals surface area contributed by atoms with Gasteiger partial charge in [-0.15, -0.1) is 0 Å². The molecular formula is C11H16N2O4. The fourth-order valence-corrected chi connectivity index (χ4v) is 1.35. The fourth-order valence-electron chi connectivity index (χ4n) is 1.35. The molecular weight excluding hydrogens is 224 g/mol. The number of carbonyl (C=O) groups is 2. The molecule has 6 heteroatoms. The topological polar surface area (TPSA) is 94.6 Å². The van der Waals surface area contributed by atoms with Crippen LogP contribution in [0.5, 0.6) is 0 Å². The van der Waals surface area contributed by atoms with E-state index < -0.39 is 5.97 Å². The number of carbonyl (C=O) groups excluding carboxylic acids is 2. The smallest absolute Gasteiger partial charge is 0.341 e. The predicted octanol–water partition coefficient (Wildman–Crippen LogP) is 0.420. The molecule has 0 aromatic carbocycles. The van der Waals surface area contributed by atoms with Crippen LogP contribution < -0.4 is 11.1 Å². The van der Waals surface area contributed by atoms with Crippen LogP contribution in [0.2, 0.25) is 0 Å². The Morgan fingerprint density at radius 1 is 1.59 bits per heavy atom. The maximum Gasteiger partial charge on any atom is 0.341 e. The molecule has 1 amide bonds. The van der Waals surface area contributed by atoms with Gasteiger partial charge in [-0.1, -0.05) is 0 Å². The van der Waals surface area contributed by atoms with Crippen LogP contribution >= 0.6 is 0 Å². The monoisotopic (exact) mass is 240 g/mol. The van der Waals surface area contributed by atoms with Crippen molar-refractivity contribution in [2.45, 2.75) is 25.9 Å². The summed E-state index contributed by atoms with van der Waals surface area (Å²) in [5, 5.41) is 3.05. The van der Waals surface area contributed by atoms with Crippen LogP contribution in [0.4, 0.5) is 0 Å². The number of primary amides is 1. The van der Waals surface area contributed by atoms with E-state index in [9.17, 15) is 9.59 Å². The Hall–Kier alpha value is -1.82. The van der Waals surface area contributed by atoms with Gasteiger partial charge in [0.25, 0.3) is 0 Å². The third-order valence-corrected chi connectivity index (χ3v) is 2.21. The highest BCUT2D eigenvalue weighted by atomic mass is 16.5. The Kier molecular flexibility index (Phi) is 4.71. The van der Waals surface area contributed by atoms with Crippen LogP contribution in [0.1, 0.15) is 29.5 Å². The van der Waals surface area contributed by atoms with E-state index in [0.717, 1.165) is 0 Å². The number of methoxy groups -OCH3 is 1. The first kappa shape index (κ1) is 13.2. The van der Waals surface area contributed by atoms with Crippen LogP contribution in [0.15, 0.2) is 16.7 Å². The molecule has 1 atom stereocenters. The van der Waals surface area contributed by atoms with E-state index in [1.165, 1.54) is 13.4 Å². The Morgan fingerprint density at radius 3 is 2.88 bits per heavy atom. The molecule has 6 nitrogen and oxygen atoms in total. The summed E-state index contributed by atoms with van der Waals surface area (Å²) in [6, 6.07) is 1.55. The van der Waals surface area contributed by atoms with Crippen molar-refractivity contribution in [2.24, 2.45) is 5.73 Å². The summed E-state index contributed by atoms with van der Waals surface area (Å²) in [7, 11) is 1.31. The summed E-state index contributed by atoms with van der Waals surface area (Å²) >= 11 is 0. The molecule has 1 heterocycles. The number of nitrogens with one attached hydrogen (secondary N) is 1. The molecule has 1 aromatic heterocycles. The zero-order valence-electron chi connectivity index (χ0n) is 9.86. The SMILES string of the molecule is COC(=O)c1coc(CNC(C)CC(N)=O)c1. The normalized spacial score (nSPS) is 12.1. The van der Waals surface area contributed by atoms with Crippen LogP contribution in [-0.4, -0.2) is 25.0 Å². The number of ether oxygens (including phenoxy) is 1. The Labute approximate surface area is 99.1 Å². The van der Waals surface area contributed by atoms with Gasteiger partial charge in [0, 0.05) is 12.5 Å². The van der Waals surface area contributed by atoms with Crippen molar-refractivity contribution in [1.82, 2.24) is 5.32 Å². The highest BCUT2D eigenvalue weighted by Crippen LogP contribution is 2.09. The first-order valence-corrected chi connectivity index (χ1v) is 5.20. The zero-order valence-corrected chi connectivity index (χ0v) is 9.86. The molecule has 0 bridgehead atoms. The van der Waals surface area contributed by atoms with E-state index in [0.29, 0.717) is 17.9 Å². The third-order valence-electron chi connectivity index (χ3n) is 2.21. The largest absolute Gasteiger partial charge is 0.467 e. The predicted molar refractivity (Wildman–Crippen MR) is 60.2 cm³/mol. The summed E-state index contributed by atoms with van der Waals surface area (Å²) in [4.78, 5) is 21.8. The highest BCUT2D eigenvalue weighted by molar-refractivity contribution is 5.88. The molecule has 0 fully saturated rings. The highest BCUT2D eigenvalue weighted by Gasteiger charge is 2.11. The van der Waals surface area contributed by atoms with Gasteiger partial charge in [-0.2, -0.15) is 0 Å². The maximum absolute atomic E-state index is 11.1. The van der Waals surface area contributed by atoms with E-state index in [2.05, 4.69) is 10.1 Å². The lowest BCUT2D eigenvalue weighted by atomic mass is 10.2. The quantitative estimate of drug-likeness (QED) is 0.703. The number of hydrogen-bond acceptors (Lipinski definition) is 5. The summed E-state index contributed by atoms with van der Waals surface area (Å²) in [5.41, 5.74) is 5.43. The van der Waals surface area contributed by atoms with Gasteiger partial charge >= 0.3 is 5.97 Å².